The Morgan fingerprint density at radius 3 is 2.48 bits per heavy atom. The molecule has 1 N–H and O–H groups in total. The Morgan fingerprint density at radius 1 is 1.04 bits per heavy atom. The predicted octanol–water partition coefficient (Wildman–Crippen LogP) is 3.60. The molecule has 0 amide bonds. The van der Waals surface area contributed by atoms with Gasteiger partial charge in [-0.15, -0.1) is 0 Å². The molecular formula is C20H22N2O. The molecule has 1 saturated heterocycles. The van der Waals surface area contributed by atoms with Gasteiger partial charge in [0.25, 0.3) is 0 Å². The van der Waals surface area contributed by atoms with Crippen molar-refractivity contribution in [2.45, 2.75) is 37.4 Å². The zero-order valence-electron chi connectivity index (χ0n) is 13.6. The maximum absolute atomic E-state index is 12.7. The number of benzene rings is 2. The molecule has 0 saturated carbocycles. The van der Waals surface area contributed by atoms with Crippen molar-refractivity contribution < 1.29 is 4.79 Å². The first-order chi connectivity index (χ1) is 11.2. The van der Waals surface area contributed by atoms with Crippen LogP contribution in [0.5, 0.6) is 0 Å². The van der Waals surface area contributed by atoms with Gasteiger partial charge in [-0.2, -0.15) is 0 Å². The van der Waals surface area contributed by atoms with Crippen LogP contribution in [0.4, 0.5) is 5.69 Å². The molecule has 3 heteroatoms. The largest absolute Gasteiger partial charge is 0.369 e. The minimum atomic E-state index is -0.0572. The third-order valence-electron chi connectivity index (χ3n) is 5.43. The van der Waals surface area contributed by atoms with Crippen molar-refractivity contribution in [3.05, 3.63) is 65.7 Å². The zero-order valence-corrected chi connectivity index (χ0v) is 13.6. The van der Waals surface area contributed by atoms with Gasteiger partial charge in [-0.3, -0.25) is 9.69 Å². The Morgan fingerprint density at radius 2 is 1.74 bits per heavy atom. The molecule has 0 bridgehead atoms. The van der Waals surface area contributed by atoms with E-state index in [1.807, 2.05) is 13.0 Å². The lowest BCUT2D eigenvalue weighted by Crippen LogP contribution is -2.41. The summed E-state index contributed by atoms with van der Waals surface area (Å²) in [6.07, 6.45) is 0.775. The molecule has 118 valence electrons. The van der Waals surface area contributed by atoms with E-state index in [9.17, 15) is 4.79 Å². The average Bonchev–Trinajstić information content (AvgIpc) is 3.10. The van der Waals surface area contributed by atoms with E-state index in [-0.39, 0.29) is 18.1 Å². The minimum Gasteiger partial charge on any atom is -0.369 e. The van der Waals surface area contributed by atoms with Crippen molar-refractivity contribution in [1.29, 1.82) is 0 Å². The molecule has 23 heavy (non-hydrogen) atoms. The number of likely N-dealkylation sites (tertiary alicyclic amines) is 1. The molecule has 0 aromatic heterocycles. The fourth-order valence-corrected chi connectivity index (χ4v) is 4.41. The number of carbonyl (C=O) groups excluding carboxylic acids is 1. The summed E-state index contributed by atoms with van der Waals surface area (Å²) < 4.78 is 0. The highest BCUT2D eigenvalue weighted by Gasteiger charge is 2.53. The molecule has 0 spiro atoms. The van der Waals surface area contributed by atoms with Crippen molar-refractivity contribution >= 4 is 11.5 Å². The Hall–Kier alpha value is -2.13. The Balaban J connectivity index is 1.85. The molecule has 1 fully saturated rings. The molecule has 4 atom stereocenters. The summed E-state index contributed by atoms with van der Waals surface area (Å²) in [6, 6.07) is 19.0. The molecule has 2 aliphatic rings. The van der Waals surface area contributed by atoms with Crippen LogP contribution < -0.4 is 5.32 Å². The highest BCUT2D eigenvalue weighted by molar-refractivity contribution is 5.86. The standard InChI is InChI=1S/C20H22N2O/c1-3-16(23)19-17(13-9-5-4-6-10-13)18-14-11-7-8-12-15(14)21-20(18)22(19)2/h4-12,17-21H,3H2,1-2H3. The number of Topliss-reactive ketones (excluding diaryl/α,β-unsaturated/α-hetero) is 1. The average molecular weight is 306 g/mol. The van der Waals surface area contributed by atoms with Crippen LogP contribution in [0.2, 0.25) is 0 Å². The monoisotopic (exact) mass is 306 g/mol. The van der Waals surface area contributed by atoms with Gasteiger partial charge in [0.2, 0.25) is 0 Å². The van der Waals surface area contributed by atoms with E-state index < -0.39 is 0 Å². The number of hydrogen-bond acceptors (Lipinski definition) is 3. The second kappa shape index (κ2) is 5.50. The molecule has 4 unspecified atom stereocenters. The second-order valence-electron chi connectivity index (χ2n) is 6.57. The van der Waals surface area contributed by atoms with Crippen LogP contribution >= 0.6 is 0 Å². The van der Waals surface area contributed by atoms with Gasteiger partial charge in [0.15, 0.2) is 0 Å². The molecule has 2 aliphatic heterocycles. The number of carbonyl (C=O) groups is 1. The van der Waals surface area contributed by atoms with E-state index in [4.69, 9.17) is 0 Å². The van der Waals surface area contributed by atoms with Crippen molar-refractivity contribution in [2.75, 3.05) is 12.4 Å². The van der Waals surface area contributed by atoms with Gasteiger partial charge in [0, 0.05) is 23.9 Å². The van der Waals surface area contributed by atoms with Gasteiger partial charge in [0.1, 0.15) is 5.78 Å². The number of ketones is 1. The number of nitrogens with zero attached hydrogens (tertiary/aromatic N) is 1. The normalized spacial score (nSPS) is 29.0. The summed E-state index contributed by atoms with van der Waals surface area (Å²) in [4.78, 5) is 14.9. The third-order valence-corrected chi connectivity index (χ3v) is 5.43. The molecule has 3 nitrogen and oxygen atoms in total. The molecule has 2 aromatic carbocycles. The minimum absolute atomic E-state index is 0.0572. The van der Waals surface area contributed by atoms with E-state index in [0.717, 1.165) is 0 Å². The summed E-state index contributed by atoms with van der Waals surface area (Å²) >= 11 is 0. The van der Waals surface area contributed by atoms with Crippen molar-refractivity contribution in [2.24, 2.45) is 0 Å². The molecule has 2 heterocycles. The maximum Gasteiger partial charge on any atom is 0.150 e. The van der Waals surface area contributed by atoms with Gasteiger partial charge in [0.05, 0.1) is 12.2 Å². The second-order valence-corrected chi connectivity index (χ2v) is 6.57. The van der Waals surface area contributed by atoms with Crippen LogP contribution in [0, 0.1) is 0 Å². The van der Waals surface area contributed by atoms with Crippen molar-refractivity contribution in [1.82, 2.24) is 4.90 Å². The van der Waals surface area contributed by atoms with Crippen LogP contribution in [0.1, 0.15) is 36.3 Å². The van der Waals surface area contributed by atoms with Gasteiger partial charge < -0.3 is 5.32 Å². The molecule has 0 radical (unpaired) electrons. The van der Waals surface area contributed by atoms with Crippen molar-refractivity contribution in [3.63, 3.8) is 0 Å². The number of nitrogens with one attached hydrogen (secondary N) is 1. The first kappa shape index (κ1) is 14.5. The molecule has 2 aromatic rings. The first-order valence-corrected chi connectivity index (χ1v) is 8.37. The van der Waals surface area contributed by atoms with E-state index in [0.29, 0.717) is 18.1 Å². The van der Waals surface area contributed by atoms with E-state index in [1.165, 1.54) is 16.8 Å². The fourth-order valence-electron chi connectivity index (χ4n) is 4.41. The number of likely N-dealkylation sites (N-methyl/N-ethyl adjacent to an activating group) is 1. The third kappa shape index (κ3) is 2.11. The Kier molecular flexibility index (Phi) is 3.46. The summed E-state index contributed by atoms with van der Waals surface area (Å²) in [5.74, 6) is 0.851. The number of anilines is 1. The summed E-state index contributed by atoms with van der Waals surface area (Å²) in [5, 5.41) is 3.63. The Labute approximate surface area is 137 Å². The highest BCUT2D eigenvalue weighted by atomic mass is 16.1. The van der Waals surface area contributed by atoms with E-state index in [1.54, 1.807) is 0 Å². The van der Waals surface area contributed by atoms with Gasteiger partial charge in [-0.25, -0.2) is 0 Å². The van der Waals surface area contributed by atoms with Crippen LogP contribution in [-0.2, 0) is 4.79 Å². The first-order valence-electron chi connectivity index (χ1n) is 8.37. The molecule has 0 aliphatic carbocycles. The highest BCUT2D eigenvalue weighted by Crippen LogP contribution is 2.53. The van der Waals surface area contributed by atoms with Gasteiger partial charge >= 0.3 is 0 Å². The quantitative estimate of drug-likeness (QED) is 0.940. The molecular weight excluding hydrogens is 284 g/mol. The summed E-state index contributed by atoms with van der Waals surface area (Å²) in [6.45, 7) is 1.97. The van der Waals surface area contributed by atoms with Crippen LogP contribution in [0.3, 0.4) is 0 Å². The SMILES string of the molecule is CCC(=O)C1C(c2ccccc2)C2c3ccccc3NC2N1C. The number of hydrogen-bond donors (Lipinski definition) is 1. The van der Waals surface area contributed by atoms with E-state index >= 15 is 0 Å². The summed E-state index contributed by atoms with van der Waals surface area (Å²) in [5.41, 5.74) is 3.81. The number of rotatable bonds is 3. The van der Waals surface area contributed by atoms with Gasteiger partial charge in [-0.05, 0) is 24.2 Å². The van der Waals surface area contributed by atoms with Crippen molar-refractivity contribution in [3.8, 4) is 0 Å². The zero-order chi connectivity index (χ0) is 16.0. The fraction of sp³-hybridized carbons (Fsp3) is 0.350. The summed E-state index contributed by atoms with van der Waals surface area (Å²) in [7, 11) is 2.08. The maximum atomic E-state index is 12.7. The molecule has 4 rings (SSSR count). The topological polar surface area (TPSA) is 32.3 Å². The smallest absolute Gasteiger partial charge is 0.150 e. The lowest BCUT2D eigenvalue weighted by molar-refractivity contribution is -0.123. The Bertz CT molecular complexity index is 727. The lowest BCUT2D eigenvalue weighted by Gasteiger charge is -2.27. The van der Waals surface area contributed by atoms with E-state index in [2.05, 4.69) is 65.8 Å². The predicted molar refractivity (Wildman–Crippen MR) is 92.6 cm³/mol. The number of para-hydroxylation sites is 1. The van der Waals surface area contributed by atoms with Crippen LogP contribution in [-0.4, -0.2) is 29.9 Å². The van der Waals surface area contributed by atoms with Gasteiger partial charge in [-0.1, -0.05) is 55.5 Å². The number of fused-ring (bicyclic) bond motifs is 3. The van der Waals surface area contributed by atoms with Crippen LogP contribution in [0.25, 0.3) is 0 Å². The lowest BCUT2D eigenvalue weighted by atomic mass is 9.79. The van der Waals surface area contributed by atoms with Crippen LogP contribution in [0.15, 0.2) is 54.6 Å².